The molecule has 0 heterocycles. The van der Waals surface area contributed by atoms with Gasteiger partial charge < -0.3 is 59.1 Å². The van der Waals surface area contributed by atoms with E-state index in [-0.39, 0.29) is 154 Å². The van der Waals surface area contributed by atoms with E-state index in [1.807, 2.05) is 0 Å². The van der Waals surface area contributed by atoms with Crippen molar-refractivity contribution < 1.29 is 61.6 Å². The second-order valence-corrected chi connectivity index (χ2v) is 15.4. The molecule has 0 fully saturated rings. The van der Waals surface area contributed by atoms with Crippen molar-refractivity contribution in [3.8, 4) is 42.8 Å². The summed E-state index contributed by atoms with van der Waals surface area (Å²) < 4.78 is 49.9. The highest BCUT2D eigenvalue weighted by Gasteiger charge is 2.35. The van der Waals surface area contributed by atoms with Crippen LogP contribution in [0.25, 0.3) is 0 Å². The first-order valence-corrected chi connectivity index (χ1v) is 21.0. The van der Waals surface area contributed by atoms with Gasteiger partial charge in [-0.25, -0.2) is 0 Å². The highest BCUT2D eigenvalue weighted by molar-refractivity contribution is 7.52. The Kier molecular flexibility index (Phi) is 31.7. The van der Waals surface area contributed by atoms with Crippen LogP contribution in [0.5, 0.6) is 5.75 Å². The topological polar surface area (TPSA) is 221 Å². The number of nitrogens with one attached hydrogen (secondary N) is 4. The molecule has 0 aliphatic rings. The zero-order valence-electron chi connectivity index (χ0n) is 34.2. The maximum atomic E-state index is 14.1. The average molecular weight is 864 g/mol. The van der Waals surface area contributed by atoms with Crippen molar-refractivity contribution in [1.82, 2.24) is 21.3 Å². The monoisotopic (exact) mass is 863 g/mol. The lowest BCUT2D eigenvalue weighted by Gasteiger charge is -2.36. The molecule has 0 radical (unpaired) electrons. The maximum Gasteiger partial charge on any atom is 0.255 e. The summed E-state index contributed by atoms with van der Waals surface area (Å²) in [6.45, 7) is 6.27. The smallest absolute Gasteiger partial charge is 0.255 e. The van der Waals surface area contributed by atoms with Gasteiger partial charge in [-0.2, -0.15) is 0 Å². The van der Waals surface area contributed by atoms with Gasteiger partial charge in [0.15, 0.2) is 7.60 Å². The SMILES string of the molecule is C.C#CCOCCOCCNC(=O)CCC(CCC(=O)NCCOCCOCC#C)(CCC(=O)NCCOCCOCC#C)NC(=O)c1ccccc1OP(=O)([O-])C(C)C. The van der Waals surface area contributed by atoms with Crippen LogP contribution >= 0.6 is 7.60 Å². The molecular weight excluding hydrogens is 799 g/mol. The minimum Gasteiger partial charge on any atom is -0.769 e. The van der Waals surface area contributed by atoms with Crippen LogP contribution in [0.3, 0.4) is 0 Å². The van der Waals surface area contributed by atoms with E-state index in [2.05, 4.69) is 39.0 Å². The van der Waals surface area contributed by atoms with Gasteiger partial charge in [0.05, 0.1) is 65.0 Å². The third kappa shape index (κ3) is 26.6. The molecular formula is C42H64N4O13P-. The van der Waals surface area contributed by atoms with E-state index in [1.54, 1.807) is 6.07 Å². The molecule has 0 aromatic heterocycles. The van der Waals surface area contributed by atoms with Gasteiger partial charge in [-0.3, -0.25) is 23.7 Å². The van der Waals surface area contributed by atoms with E-state index < -0.39 is 24.7 Å². The minimum atomic E-state index is -4.42. The summed E-state index contributed by atoms with van der Waals surface area (Å²) in [5, 5.41) is 11.3. The number of rotatable bonds is 35. The number of amides is 4. The number of hydrogen-bond acceptors (Lipinski definition) is 13. The standard InChI is InChI=1S/C41H61N4O13P.CH4/c1-6-22-52-28-31-55-25-19-42-37(46)13-16-41(17-14-38(47)43-20-26-56-32-29-53-23-7-2,18-15-39(48)44-21-27-57-33-30-54-24-8-3)45-40(49)35-11-9-10-12-36(35)58-59(50,51)34(4)5;/h1-3,9-12,34H,13-33H2,4-5H3,(H,42,46)(H,43,47)(H,44,48)(H,45,49)(H,50,51);1H4/p-1. The van der Waals surface area contributed by atoms with Gasteiger partial charge in [0.25, 0.3) is 5.91 Å². The summed E-state index contributed by atoms with van der Waals surface area (Å²) >= 11 is 0. The number of carbonyl (C=O) groups excluding carboxylic acids is 4. The number of para-hydroxylation sites is 1. The van der Waals surface area contributed by atoms with Crippen molar-refractivity contribution in [1.29, 1.82) is 0 Å². The van der Waals surface area contributed by atoms with Crippen LogP contribution in [0, 0.1) is 37.0 Å². The molecule has 4 amide bonds. The van der Waals surface area contributed by atoms with E-state index in [9.17, 15) is 28.6 Å². The van der Waals surface area contributed by atoms with Crippen LogP contribution in [-0.2, 0) is 47.4 Å². The van der Waals surface area contributed by atoms with Gasteiger partial charge in [0.1, 0.15) is 25.6 Å². The van der Waals surface area contributed by atoms with E-state index in [1.165, 1.54) is 32.0 Å². The molecule has 0 spiro atoms. The molecule has 1 atom stereocenters. The summed E-state index contributed by atoms with van der Waals surface area (Å²) in [7, 11) is -4.42. The minimum absolute atomic E-state index is 0. The molecule has 1 aromatic rings. The van der Waals surface area contributed by atoms with Crippen LogP contribution in [0.2, 0.25) is 0 Å². The van der Waals surface area contributed by atoms with Crippen molar-refractivity contribution in [2.24, 2.45) is 0 Å². The van der Waals surface area contributed by atoms with E-state index in [4.69, 9.17) is 52.2 Å². The van der Waals surface area contributed by atoms with E-state index in [0.717, 1.165) is 0 Å². The Bertz CT molecular complexity index is 1460. The fourth-order valence-electron chi connectivity index (χ4n) is 5.01. The number of carbonyl (C=O) groups is 4. The molecule has 1 aromatic carbocycles. The molecule has 1 rings (SSSR count). The summed E-state index contributed by atoms with van der Waals surface area (Å²) in [4.78, 5) is 66.1. The third-order valence-corrected chi connectivity index (χ3v) is 9.95. The summed E-state index contributed by atoms with van der Waals surface area (Å²) in [5.74, 6) is 5.03. The molecule has 18 heteroatoms. The van der Waals surface area contributed by atoms with Crippen LogP contribution in [0.4, 0.5) is 0 Å². The number of terminal acetylenes is 3. The van der Waals surface area contributed by atoms with Gasteiger partial charge >= 0.3 is 0 Å². The quantitative estimate of drug-likeness (QED) is 0.0435. The second kappa shape index (κ2) is 34.3. The first-order chi connectivity index (χ1) is 28.4. The van der Waals surface area contributed by atoms with E-state index >= 15 is 0 Å². The highest BCUT2D eigenvalue weighted by Crippen LogP contribution is 2.44. The normalized spacial score (nSPS) is 11.8. The molecule has 0 saturated carbocycles. The lowest BCUT2D eigenvalue weighted by molar-refractivity contribution is -0.193. The average Bonchev–Trinajstić information content (AvgIpc) is 3.21. The molecule has 4 N–H and O–H groups in total. The fourth-order valence-corrected chi connectivity index (χ4v) is 5.66. The third-order valence-electron chi connectivity index (χ3n) is 8.24. The van der Waals surface area contributed by atoms with Gasteiger partial charge in [-0.1, -0.05) is 51.2 Å². The predicted octanol–water partition coefficient (Wildman–Crippen LogP) is 1.82. The molecule has 17 nitrogen and oxygen atoms in total. The summed E-state index contributed by atoms with van der Waals surface area (Å²) in [5.41, 5.74) is -2.29. The number of ether oxygens (including phenoxy) is 6. The van der Waals surface area contributed by atoms with Crippen molar-refractivity contribution in [3.63, 3.8) is 0 Å². The predicted molar refractivity (Wildman–Crippen MR) is 225 cm³/mol. The van der Waals surface area contributed by atoms with Crippen LogP contribution in [0.1, 0.15) is 70.2 Å². The Morgan fingerprint density at radius 3 is 1.38 bits per heavy atom. The maximum absolute atomic E-state index is 14.1. The lowest BCUT2D eigenvalue weighted by atomic mass is 9.82. The Hall–Kier alpha value is -4.47. The number of hydrogen-bond donors (Lipinski definition) is 4. The fraction of sp³-hybridized carbons (Fsp3) is 0.619. The van der Waals surface area contributed by atoms with Gasteiger partial charge in [-0.05, 0) is 31.4 Å². The van der Waals surface area contributed by atoms with Gasteiger partial charge in [0, 0.05) is 50.1 Å². The molecule has 0 bridgehead atoms. The number of benzene rings is 1. The zero-order chi connectivity index (χ0) is 43.6. The Morgan fingerprint density at radius 1 is 0.650 bits per heavy atom. The van der Waals surface area contributed by atoms with Gasteiger partial charge in [0.2, 0.25) is 17.7 Å². The Labute approximate surface area is 355 Å². The lowest BCUT2D eigenvalue weighted by Crippen LogP contribution is -2.50. The molecule has 0 aliphatic heterocycles. The van der Waals surface area contributed by atoms with Crippen molar-refractivity contribution in [2.75, 3.05) is 98.9 Å². The van der Waals surface area contributed by atoms with Crippen molar-refractivity contribution >= 4 is 31.2 Å². The van der Waals surface area contributed by atoms with E-state index in [0.29, 0.717) is 19.8 Å². The molecule has 0 saturated heterocycles. The zero-order valence-corrected chi connectivity index (χ0v) is 35.1. The summed E-state index contributed by atoms with van der Waals surface area (Å²) in [6, 6.07) is 5.82. The van der Waals surface area contributed by atoms with Crippen LogP contribution in [0.15, 0.2) is 24.3 Å². The van der Waals surface area contributed by atoms with Crippen LogP contribution in [-0.4, -0.2) is 134 Å². The molecule has 336 valence electrons. The van der Waals surface area contributed by atoms with Crippen molar-refractivity contribution in [2.45, 2.75) is 71.0 Å². The molecule has 60 heavy (non-hydrogen) atoms. The van der Waals surface area contributed by atoms with Gasteiger partial charge in [-0.15, -0.1) is 19.3 Å². The Morgan fingerprint density at radius 2 is 1.02 bits per heavy atom. The van der Waals surface area contributed by atoms with Crippen LogP contribution < -0.4 is 30.7 Å². The molecule has 0 aliphatic carbocycles. The molecule has 1 unspecified atom stereocenters. The summed E-state index contributed by atoms with van der Waals surface area (Å²) in [6.07, 6.45) is 15.2. The van der Waals surface area contributed by atoms with Crippen molar-refractivity contribution in [3.05, 3.63) is 29.8 Å². The second-order valence-electron chi connectivity index (χ2n) is 13.1. The largest absolute Gasteiger partial charge is 0.769 e. The first-order valence-electron chi connectivity index (χ1n) is 19.4. The Balaban J connectivity index is 0.0000348. The first kappa shape index (κ1) is 55.5. The highest BCUT2D eigenvalue weighted by atomic mass is 31.2.